The summed E-state index contributed by atoms with van der Waals surface area (Å²) in [5.41, 5.74) is -0.751. The molecule has 7 nitrogen and oxygen atoms in total. The maximum absolute atomic E-state index is 11.6. The SMILES string of the molecule is C.CC(C)(C)n1ncc(O)c(Cl)c1=O.Cc1cnn(C(C)(C)C)c(=O)c1Cl. The Labute approximate surface area is 169 Å². The van der Waals surface area contributed by atoms with Crippen LogP contribution in [0.5, 0.6) is 5.75 Å². The van der Waals surface area contributed by atoms with Gasteiger partial charge in [-0.15, -0.1) is 0 Å². The molecule has 0 amide bonds. The molecule has 0 spiro atoms. The summed E-state index contributed by atoms with van der Waals surface area (Å²) in [6.45, 7) is 13.0. The van der Waals surface area contributed by atoms with Gasteiger partial charge >= 0.3 is 0 Å². The number of aryl methyl sites for hydroxylation is 1. The van der Waals surface area contributed by atoms with E-state index in [2.05, 4.69) is 10.2 Å². The molecule has 0 atom stereocenters. The summed E-state index contributed by atoms with van der Waals surface area (Å²) in [6, 6.07) is 0. The summed E-state index contributed by atoms with van der Waals surface area (Å²) in [5.74, 6) is -0.285. The van der Waals surface area contributed by atoms with Crippen molar-refractivity contribution in [2.75, 3.05) is 0 Å². The molecule has 0 bridgehead atoms. The molecule has 9 heteroatoms. The van der Waals surface area contributed by atoms with Crippen LogP contribution >= 0.6 is 23.2 Å². The molecule has 2 aromatic rings. The first-order chi connectivity index (χ1) is 11.7. The van der Waals surface area contributed by atoms with Gasteiger partial charge in [0.2, 0.25) is 0 Å². The highest BCUT2D eigenvalue weighted by atomic mass is 35.5. The Morgan fingerprint density at radius 1 is 0.852 bits per heavy atom. The first-order valence-corrected chi connectivity index (χ1v) is 8.65. The van der Waals surface area contributed by atoms with Crippen LogP contribution in [0, 0.1) is 6.92 Å². The smallest absolute Gasteiger partial charge is 0.289 e. The van der Waals surface area contributed by atoms with Crippen LogP contribution in [0.4, 0.5) is 0 Å². The van der Waals surface area contributed by atoms with Crippen LogP contribution in [0.2, 0.25) is 10.0 Å². The average molecular weight is 419 g/mol. The van der Waals surface area contributed by atoms with Crippen molar-refractivity contribution < 1.29 is 5.11 Å². The Bertz CT molecular complexity index is 831. The van der Waals surface area contributed by atoms with Crippen molar-refractivity contribution in [2.45, 2.75) is 67.0 Å². The van der Waals surface area contributed by atoms with E-state index < -0.39 is 11.1 Å². The van der Waals surface area contributed by atoms with Gasteiger partial charge in [-0.3, -0.25) is 9.59 Å². The van der Waals surface area contributed by atoms with E-state index in [1.807, 2.05) is 41.5 Å². The standard InChI is InChI=1S/C9H13ClN2O.C8H11ClN2O2.CH4/c1-6-5-11-12(9(2,3)4)8(13)7(6)10;1-8(2,3)11-7(13)6(9)5(12)4-10-11;/h5H,1-4H3;4,12H,1-3H3;1H4. The minimum Gasteiger partial charge on any atom is -0.505 e. The van der Waals surface area contributed by atoms with E-state index in [1.165, 1.54) is 9.36 Å². The molecule has 0 aliphatic carbocycles. The number of halogens is 2. The molecule has 0 aromatic carbocycles. The fourth-order valence-electron chi connectivity index (χ4n) is 1.89. The van der Waals surface area contributed by atoms with Crippen LogP contribution in [0.25, 0.3) is 0 Å². The van der Waals surface area contributed by atoms with Gasteiger partial charge in [0.15, 0.2) is 10.8 Å². The maximum atomic E-state index is 11.6. The zero-order valence-corrected chi connectivity index (χ0v) is 17.5. The summed E-state index contributed by atoms with van der Waals surface area (Å²) in [5, 5.41) is 17.0. The predicted octanol–water partition coefficient (Wildman–Crippen LogP) is 3.95. The number of rotatable bonds is 0. The molecule has 2 heterocycles. The van der Waals surface area contributed by atoms with Crippen molar-refractivity contribution >= 4 is 23.2 Å². The zero-order valence-electron chi connectivity index (χ0n) is 16.0. The Balaban J connectivity index is 0.000000483. The molecule has 0 aliphatic heterocycles. The lowest BCUT2D eigenvalue weighted by Gasteiger charge is -2.20. The second-order valence-electron chi connectivity index (χ2n) is 7.76. The number of hydrogen-bond donors (Lipinski definition) is 1. The van der Waals surface area contributed by atoms with Crippen LogP contribution in [-0.2, 0) is 11.1 Å². The number of aromatic nitrogens is 4. The first-order valence-electron chi connectivity index (χ1n) is 7.90. The van der Waals surface area contributed by atoms with Gasteiger partial charge in [0.25, 0.3) is 11.1 Å². The molecule has 2 rings (SSSR count). The third kappa shape index (κ3) is 6.07. The van der Waals surface area contributed by atoms with Gasteiger partial charge in [0, 0.05) is 0 Å². The lowest BCUT2D eigenvalue weighted by Crippen LogP contribution is -2.36. The summed E-state index contributed by atoms with van der Waals surface area (Å²) >= 11 is 11.4. The van der Waals surface area contributed by atoms with Gasteiger partial charge in [-0.1, -0.05) is 30.6 Å². The largest absolute Gasteiger partial charge is 0.505 e. The fourth-order valence-corrected chi connectivity index (χ4v) is 2.15. The molecule has 1 N–H and O–H groups in total. The highest BCUT2D eigenvalue weighted by molar-refractivity contribution is 6.31. The molecule has 0 fully saturated rings. The summed E-state index contributed by atoms with van der Waals surface area (Å²) < 4.78 is 2.62. The molecule has 2 aromatic heterocycles. The van der Waals surface area contributed by atoms with Gasteiger partial charge in [-0.05, 0) is 54.0 Å². The van der Waals surface area contributed by atoms with E-state index >= 15 is 0 Å². The van der Waals surface area contributed by atoms with Crippen LogP contribution in [0.1, 0.15) is 54.5 Å². The molecule has 0 aliphatic rings. The second-order valence-corrected chi connectivity index (χ2v) is 8.52. The van der Waals surface area contributed by atoms with Crippen LogP contribution in [0.3, 0.4) is 0 Å². The van der Waals surface area contributed by atoms with Crippen molar-refractivity contribution in [3.8, 4) is 5.75 Å². The fraction of sp³-hybridized carbons (Fsp3) is 0.556. The van der Waals surface area contributed by atoms with E-state index in [9.17, 15) is 9.59 Å². The van der Waals surface area contributed by atoms with E-state index in [0.717, 1.165) is 6.20 Å². The number of aromatic hydroxyl groups is 1. The Morgan fingerprint density at radius 3 is 1.63 bits per heavy atom. The van der Waals surface area contributed by atoms with Crippen molar-refractivity contribution in [3.05, 3.63) is 48.7 Å². The summed E-state index contributed by atoms with van der Waals surface area (Å²) in [7, 11) is 0. The lowest BCUT2D eigenvalue weighted by molar-refractivity contribution is 0.332. The van der Waals surface area contributed by atoms with Gasteiger partial charge in [-0.25, -0.2) is 9.36 Å². The average Bonchev–Trinajstić information content (AvgIpc) is 2.48. The minimum atomic E-state index is -0.478. The molecular weight excluding hydrogens is 391 g/mol. The molecule has 152 valence electrons. The zero-order chi connectivity index (χ0) is 20.4. The third-order valence-electron chi connectivity index (χ3n) is 3.26. The summed E-state index contributed by atoms with van der Waals surface area (Å²) in [6.07, 6.45) is 2.77. The Morgan fingerprint density at radius 2 is 1.22 bits per heavy atom. The van der Waals surface area contributed by atoms with Gasteiger partial charge in [0.1, 0.15) is 5.02 Å². The first kappa shape index (κ1) is 25.1. The molecule has 0 saturated carbocycles. The van der Waals surface area contributed by atoms with E-state index in [1.54, 1.807) is 13.1 Å². The molecule has 0 radical (unpaired) electrons. The third-order valence-corrected chi connectivity index (χ3v) is 4.08. The van der Waals surface area contributed by atoms with Gasteiger partial charge in [-0.2, -0.15) is 10.2 Å². The van der Waals surface area contributed by atoms with Gasteiger partial charge in [0.05, 0.1) is 23.5 Å². The van der Waals surface area contributed by atoms with Crippen LogP contribution in [0.15, 0.2) is 22.0 Å². The molecular formula is C18H28Cl2N4O3. The van der Waals surface area contributed by atoms with Gasteiger partial charge < -0.3 is 5.11 Å². The normalized spacial score (nSPS) is 11.3. The van der Waals surface area contributed by atoms with E-state index in [0.29, 0.717) is 5.56 Å². The molecule has 27 heavy (non-hydrogen) atoms. The van der Waals surface area contributed by atoms with Crippen LogP contribution in [-0.4, -0.2) is 24.7 Å². The van der Waals surface area contributed by atoms with Crippen molar-refractivity contribution in [1.29, 1.82) is 0 Å². The number of nitrogens with zero attached hydrogens (tertiary/aromatic N) is 4. The highest BCUT2D eigenvalue weighted by Gasteiger charge is 2.19. The monoisotopic (exact) mass is 418 g/mol. The van der Waals surface area contributed by atoms with Crippen molar-refractivity contribution in [1.82, 2.24) is 19.6 Å². The summed E-state index contributed by atoms with van der Waals surface area (Å²) in [4.78, 5) is 23.0. The Kier molecular flexibility index (Phi) is 8.27. The molecule has 0 saturated heterocycles. The predicted molar refractivity (Wildman–Crippen MR) is 110 cm³/mol. The maximum Gasteiger partial charge on any atom is 0.289 e. The molecule has 0 unspecified atom stereocenters. The lowest BCUT2D eigenvalue weighted by atomic mass is 10.1. The minimum absolute atomic E-state index is 0. The number of hydrogen-bond acceptors (Lipinski definition) is 5. The quantitative estimate of drug-likeness (QED) is 0.698. The van der Waals surface area contributed by atoms with Crippen molar-refractivity contribution in [2.24, 2.45) is 0 Å². The second kappa shape index (κ2) is 8.89. The van der Waals surface area contributed by atoms with E-state index in [-0.39, 0.29) is 34.3 Å². The topological polar surface area (TPSA) is 90.0 Å². The van der Waals surface area contributed by atoms with Crippen LogP contribution < -0.4 is 11.1 Å². The highest BCUT2D eigenvalue weighted by Crippen LogP contribution is 2.18. The Hall–Kier alpha value is -1.86. The van der Waals surface area contributed by atoms with Crippen molar-refractivity contribution in [3.63, 3.8) is 0 Å². The van der Waals surface area contributed by atoms with E-state index in [4.69, 9.17) is 28.3 Å².